The van der Waals surface area contributed by atoms with Gasteiger partial charge in [0.2, 0.25) is 15.9 Å². The van der Waals surface area contributed by atoms with Gasteiger partial charge in [0.05, 0.1) is 23.2 Å². The van der Waals surface area contributed by atoms with Crippen molar-refractivity contribution in [2.75, 3.05) is 36.4 Å². The number of nitrogens with zero attached hydrogens (tertiary/aromatic N) is 3. The molecule has 0 saturated carbocycles. The molecule has 1 fully saturated rings. The van der Waals surface area contributed by atoms with Gasteiger partial charge in [-0.25, -0.2) is 17.8 Å². The van der Waals surface area contributed by atoms with Gasteiger partial charge in [-0.1, -0.05) is 30.3 Å². The first-order chi connectivity index (χ1) is 15.4. The largest absolute Gasteiger partial charge is 0.354 e. The Labute approximate surface area is 186 Å². The molecule has 32 heavy (non-hydrogen) atoms. The van der Waals surface area contributed by atoms with Gasteiger partial charge in [0.15, 0.2) is 0 Å². The highest BCUT2D eigenvalue weighted by molar-refractivity contribution is 7.89. The second-order valence-electron chi connectivity index (χ2n) is 7.46. The minimum Gasteiger partial charge on any atom is -0.354 e. The average molecular weight is 455 g/mol. The number of nitrogens with one attached hydrogen (secondary N) is 1. The number of hydrogen-bond donors (Lipinski definition) is 1. The third-order valence-electron chi connectivity index (χ3n) is 5.25. The predicted octanol–water partition coefficient (Wildman–Crippen LogP) is 2.91. The highest BCUT2D eigenvalue weighted by Crippen LogP contribution is 2.21. The van der Waals surface area contributed by atoms with Crippen molar-refractivity contribution in [3.05, 3.63) is 84.3 Å². The Morgan fingerprint density at radius 1 is 0.938 bits per heavy atom. The number of sulfonamides is 1. The zero-order chi connectivity index (χ0) is 22.6. The maximum Gasteiger partial charge on any atom is 0.243 e. The lowest BCUT2D eigenvalue weighted by molar-refractivity contribution is -0.115. The Hall–Kier alpha value is -3.30. The van der Waals surface area contributed by atoms with Crippen molar-refractivity contribution >= 4 is 27.4 Å². The van der Waals surface area contributed by atoms with Crippen molar-refractivity contribution in [1.82, 2.24) is 9.29 Å². The van der Waals surface area contributed by atoms with Gasteiger partial charge in [-0.15, -0.1) is 0 Å². The molecule has 9 heteroatoms. The number of carbonyl (C=O) groups is 1. The van der Waals surface area contributed by atoms with Crippen molar-refractivity contribution < 1.29 is 17.6 Å². The number of carbonyl (C=O) groups excluding carboxylic acids is 1. The summed E-state index contributed by atoms with van der Waals surface area (Å²) in [6.07, 6.45) is 1.71. The number of anilines is 2. The molecule has 1 amide bonds. The van der Waals surface area contributed by atoms with E-state index in [2.05, 4.69) is 10.3 Å². The van der Waals surface area contributed by atoms with E-state index in [4.69, 9.17) is 0 Å². The highest BCUT2D eigenvalue weighted by Gasteiger charge is 2.28. The monoisotopic (exact) mass is 454 g/mol. The van der Waals surface area contributed by atoms with E-state index in [0.29, 0.717) is 36.8 Å². The SMILES string of the molecule is O=C(Cc1ccc(F)cc1)Nc1ccc(N2CCN(S(=O)(=O)c3ccccc3)CC2)nc1. The molecule has 1 aromatic heterocycles. The predicted molar refractivity (Wildman–Crippen MR) is 120 cm³/mol. The fourth-order valence-electron chi connectivity index (χ4n) is 3.54. The Morgan fingerprint density at radius 2 is 1.62 bits per heavy atom. The van der Waals surface area contributed by atoms with Gasteiger partial charge >= 0.3 is 0 Å². The molecule has 1 aliphatic heterocycles. The number of halogens is 1. The average Bonchev–Trinajstić information content (AvgIpc) is 2.82. The normalized spacial score (nSPS) is 14.8. The lowest BCUT2D eigenvalue weighted by Gasteiger charge is -2.34. The van der Waals surface area contributed by atoms with Crippen LogP contribution in [0, 0.1) is 5.82 Å². The summed E-state index contributed by atoms with van der Waals surface area (Å²) >= 11 is 0. The molecule has 0 bridgehead atoms. The quantitative estimate of drug-likeness (QED) is 0.619. The van der Waals surface area contributed by atoms with E-state index in [1.165, 1.54) is 16.4 Å². The van der Waals surface area contributed by atoms with Crippen LogP contribution < -0.4 is 10.2 Å². The summed E-state index contributed by atoms with van der Waals surface area (Å²) in [6, 6.07) is 17.8. The molecule has 0 atom stereocenters. The molecular weight excluding hydrogens is 431 g/mol. The molecule has 1 saturated heterocycles. The van der Waals surface area contributed by atoms with Crippen LogP contribution in [-0.4, -0.2) is 49.8 Å². The van der Waals surface area contributed by atoms with Crippen LogP contribution in [0.15, 0.2) is 77.8 Å². The molecule has 0 unspecified atom stereocenters. The first kappa shape index (κ1) is 21.9. The summed E-state index contributed by atoms with van der Waals surface area (Å²) in [6.45, 7) is 1.79. The van der Waals surface area contributed by atoms with Gasteiger partial charge in [-0.3, -0.25) is 4.79 Å². The van der Waals surface area contributed by atoms with Crippen molar-refractivity contribution in [3.8, 4) is 0 Å². The molecular formula is C23H23FN4O3S. The molecule has 7 nitrogen and oxygen atoms in total. The number of rotatable bonds is 6. The lowest BCUT2D eigenvalue weighted by Crippen LogP contribution is -2.48. The molecule has 0 aliphatic carbocycles. The van der Waals surface area contributed by atoms with Crippen LogP contribution in [0.5, 0.6) is 0 Å². The van der Waals surface area contributed by atoms with Crippen molar-refractivity contribution in [2.45, 2.75) is 11.3 Å². The van der Waals surface area contributed by atoms with Gasteiger partial charge in [0.25, 0.3) is 0 Å². The molecule has 166 valence electrons. The second kappa shape index (κ2) is 9.46. The third-order valence-corrected chi connectivity index (χ3v) is 7.17. The van der Waals surface area contributed by atoms with Gasteiger partial charge in [0.1, 0.15) is 11.6 Å². The molecule has 4 rings (SSSR count). The number of aromatic nitrogens is 1. The molecule has 0 radical (unpaired) electrons. The van der Waals surface area contributed by atoms with E-state index >= 15 is 0 Å². The Morgan fingerprint density at radius 3 is 2.25 bits per heavy atom. The number of benzene rings is 2. The van der Waals surface area contributed by atoms with E-state index in [1.54, 1.807) is 60.8 Å². The Balaban J connectivity index is 1.32. The lowest BCUT2D eigenvalue weighted by atomic mass is 10.1. The van der Waals surface area contributed by atoms with E-state index in [9.17, 15) is 17.6 Å². The first-order valence-corrected chi connectivity index (χ1v) is 11.7. The number of pyridine rings is 1. The topological polar surface area (TPSA) is 82.6 Å². The molecule has 0 spiro atoms. The zero-order valence-electron chi connectivity index (χ0n) is 17.3. The summed E-state index contributed by atoms with van der Waals surface area (Å²) in [7, 11) is -3.50. The zero-order valence-corrected chi connectivity index (χ0v) is 18.1. The molecule has 2 heterocycles. The minimum atomic E-state index is -3.50. The third kappa shape index (κ3) is 5.12. The smallest absolute Gasteiger partial charge is 0.243 e. The highest BCUT2D eigenvalue weighted by atomic mass is 32.2. The van der Waals surface area contributed by atoms with E-state index in [-0.39, 0.29) is 18.1 Å². The molecule has 2 aromatic carbocycles. The summed E-state index contributed by atoms with van der Waals surface area (Å²) in [5, 5.41) is 2.78. The van der Waals surface area contributed by atoms with E-state index in [1.807, 2.05) is 4.90 Å². The van der Waals surface area contributed by atoms with Crippen LogP contribution in [0.25, 0.3) is 0 Å². The molecule has 1 aliphatic rings. The summed E-state index contributed by atoms with van der Waals surface area (Å²) in [4.78, 5) is 18.9. The first-order valence-electron chi connectivity index (χ1n) is 10.2. The van der Waals surface area contributed by atoms with Crippen LogP contribution in [0.3, 0.4) is 0 Å². The minimum absolute atomic E-state index is 0.139. The second-order valence-corrected chi connectivity index (χ2v) is 9.40. The van der Waals surface area contributed by atoms with Crippen LogP contribution >= 0.6 is 0 Å². The number of piperazine rings is 1. The van der Waals surface area contributed by atoms with Crippen LogP contribution in [-0.2, 0) is 21.2 Å². The maximum absolute atomic E-state index is 13.0. The van der Waals surface area contributed by atoms with Crippen molar-refractivity contribution in [1.29, 1.82) is 0 Å². The summed E-state index contributed by atoms with van der Waals surface area (Å²) < 4.78 is 40.0. The van der Waals surface area contributed by atoms with Gasteiger partial charge in [-0.2, -0.15) is 4.31 Å². The molecule has 1 N–H and O–H groups in total. The van der Waals surface area contributed by atoms with Crippen LogP contribution in [0.2, 0.25) is 0 Å². The van der Waals surface area contributed by atoms with Crippen molar-refractivity contribution in [2.24, 2.45) is 0 Å². The fraction of sp³-hybridized carbons (Fsp3) is 0.217. The van der Waals surface area contributed by atoms with Crippen LogP contribution in [0.1, 0.15) is 5.56 Å². The number of amides is 1. The van der Waals surface area contributed by atoms with E-state index < -0.39 is 10.0 Å². The van der Waals surface area contributed by atoms with Crippen LogP contribution in [0.4, 0.5) is 15.9 Å². The summed E-state index contributed by atoms with van der Waals surface area (Å²) in [5.41, 5.74) is 1.28. The molecule has 3 aromatic rings. The van der Waals surface area contributed by atoms with Crippen molar-refractivity contribution in [3.63, 3.8) is 0 Å². The summed E-state index contributed by atoms with van der Waals surface area (Å²) in [5.74, 6) is 0.164. The fourth-order valence-corrected chi connectivity index (χ4v) is 4.98. The standard InChI is InChI=1S/C23H23FN4O3S/c24-19-8-6-18(7-9-19)16-23(29)26-20-10-11-22(25-17-20)27-12-14-28(15-13-27)32(30,31)21-4-2-1-3-5-21/h1-11,17H,12-16H2,(H,26,29). The van der Waals surface area contributed by atoms with Gasteiger partial charge in [0, 0.05) is 26.2 Å². The van der Waals surface area contributed by atoms with Gasteiger partial charge in [-0.05, 0) is 42.0 Å². The number of hydrogen-bond acceptors (Lipinski definition) is 5. The Kier molecular flexibility index (Phi) is 6.48. The Bertz CT molecular complexity index is 1160. The van der Waals surface area contributed by atoms with Gasteiger partial charge < -0.3 is 10.2 Å². The van der Waals surface area contributed by atoms with E-state index in [0.717, 1.165) is 11.4 Å². The maximum atomic E-state index is 13.0.